The van der Waals surface area contributed by atoms with Crippen molar-refractivity contribution in [1.82, 2.24) is 9.97 Å². The summed E-state index contributed by atoms with van der Waals surface area (Å²) in [5, 5.41) is 4.14. The van der Waals surface area contributed by atoms with Crippen molar-refractivity contribution in [2.75, 3.05) is 23.3 Å². The van der Waals surface area contributed by atoms with Crippen molar-refractivity contribution in [3.63, 3.8) is 0 Å². The minimum Gasteiger partial charge on any atom is -0.443 e. The van der Waals surface area contributed by atoms with E-state index in [0.717, 1.165) is 58.7 Å². The van der Waals surface area contributed by atoms with Gasteiger partial charge in [0.05, 0.1) is 11.3 Å². The summed E-state index contributed by atoms with van der Waals surface area (Å²) in [7, 11) is 0. The van der Waals surface area contributed by atoms with E-state index >= 15 is 0 Å². The summed E-state index contributed by atoms with van der Waals surface area (Å²) in [5.74, 6) is 1.72. The highest BCUT2D eigenvalue weighted by atomic mass is 16.3. The number of aryl methyl sites for hydroxylation is 5. The number of fused-ring (bicyclic) bond motifs is 1. The molecule has 152 valence electrons. The van der Waals surface area contributed by atoms with E-state index < -0.39 is 0 Å². The number of carbonyl (C=O) groups is 1. The lowest BCUT2D eigenvalue weighted by Gasteiger charge is -2.33. The fourth-order valence-corrected chi connectivity index (χ4v) is 4.39. The average Bonchev–Trinajstić information content (AvgIpc) is 2.98. The minimum absolute atomic E-state index is 0.0788. The number of hydrogen-bond acceptors (Lipinski definition) is 5. The number of rotatable bonds is 3. The maximum absolute atomic E-state index is 13.1. The molecule has 29 heavy (non-hydrogen) atoms. The predicted octanol–water partition coefficient (Wildman–Crippen LogP) is 4.62. The fraction of sp³-hybridized carbons (Fsp3) is 0.435. The molecule has 0 bridgehead atoms. The molecule has 1 aliphatic rings. The summed E-state index contributed by atoms with van der Waals surface area (Å²) in [6.45, 7) is 11.7. The summed E-state index contributed by atoms with van der Waals surface area (Å²) in [6, 6.07) is 4.22. The number of benzene rings is 1. The molecule has 4 rings (SSSR count). The van der Waals surface area contributed by atoms with Gasteiger partial charge in [-0.15, -0.1) is 0 Å². The van der Waals surface area contributed by atoms with Crippen molar-refractivity contribution in [2.24, 2.45) is 5.92 Å². The van der Waals surface area contributed by atoms with Gasteiger partial charge in [0.2, 0.25) is 11.6 Å². The first-order chi connectivity index (χ1) is 13.8. The Morgan fingerprint density at radius 2 is 1.86 bits per heavy atom. The van der Waals surface area contributed by atoms with Crippen LogP contribution in [0, 0.1) is 40.5 Å². The Bertz CT molecular complexity index is 1060. The van der Waals surface area contributed by atoms with Crippen molar-refractivity contribution in [3.05, 3.63) is 46.5 Å². The average molecular weight is 393 g/mol. The van der Waals surface area contributed by atoms with Gasteiger partial charge >= 0.3 is 0 Å². The van der Waals surface area contributed by atoms with Gasteiger partial charge in [-0.1, -0.05) is 17.7 Å². The molecule has 6 nitrogen and oxygen atoms in total. The lowest BCUT2D eigenvalue weighted by molar-refractivity contribution is -0.120. The summed E-state index contributed by atoms with van der Waals surface area (Å²) in [4.78, 5) is 24.1. The van der Waals surface area contributed by atoms with Gasteiger partial charge in [0.15, 0.2) is 0 Å². The number of anilines is 2. The zero-order valence-electron chi connectivity index (χ0n) is 17.8. The molecule has 1 N–H and O–H groups in total. The zero-order valence-corrected chi connectivity index (χ0v) is 17.8. The molecule has 0 aliphatic carbocycles. The number of hydrogen-bond donors (Lipinski definition) is 1. The molecule has 1 fully saturated rings. The van der Waals surface area contributed by atoms with E-state index in [0.29, 0.717) is 12.3 Å². The Labute approximate surface area is 171 Å². The molecular formula is C23H28N4O2. The molecule has 0 saturated carbocycles. The van der Waals surface area contributed by atoms with Gasteiger partial charge in [0.1, 0.15) is 17.9 Å². The number of aromatic nitrogens is 2. The maximum Gasteiger partial charge on any atom is 0.231 e. The van der Waals surface area contributed by atoms with Gasteiger partial charge in [-0.05, 0) is 58.6 Å². The van der Waals surface area contributed by atoms with E-state index in [2.05, 4.69) is 39.2 Å². The monoisotopic (exact) mass is 392 g/mol. The Kier molecular flexibility index (Phi) is 5.03. The van der Waals surface area contributed by atoms with Crippen LogP contribution in [0.15, 0.2) is 22.9 Å². The molecule has 1 aliphatic heterocycles. The second-order valence-electron chi connectivity index (χ2n) is 8.21. The number of amides is 1. The Morgan fingerprint density at radius 3 is 2.59 bits per heavy atom. The predicted molar refractivity (Wildman–Crippen MR) is 115 cm³/mol. The van der Waals surface area contributed by atoms with Crippen LogP contribution < -0.4 is 10.2 Å². The molecule has 3 heterocycles. The number of carbonyl (C=O) groups excluding carboxylic acids is 1. The van der Waals surface area contributed by atoms with Crippen LogP contribution in [0.2, 0.25) is 0 Å². The normalized spacial score (nSPS) is 17.0. The number of furan rings is 1. The van der Waals surface area contributed by atoms with Crippen LogP contribution in [0.1, 0.15) is 40.9 Å². The van der Waals surface area contributed by atoms with Gasteiger partial charge in [0, 0.05) is 24.3 Å². The Balaban J connectivity index is 1.57. The summed E-state index contributed by atoms with van der Waals surface area (Å²) in [5.41, 5.74) is 6.02. The van der Waals surface area contributed by atoms with Crippen LogP contribution in [-0.4, -0.2) is 29.0 Å². The first kappa shape index (κ1) is 19.4. The van der Waals surface area contributed by atoms with E-state index in [1.54, 1.807) is 6.33 Å². The highest BCUT2D eigenvalue weighted by molar-refractivity contribution is 5.95. The Morgan fingerprint density at radius 1 is 1.14 bits per heavy atom. The van der Waals surface area contributed by atoms with Gasteiger partial charge in [-0.2, -0.15) is 0 Å². The first-order valence-electron chi connectivity index (χ1n) is 10.2. The summed E-state index contributed by atoms with van der Waals surface area (Å²) >= 11 is 0. The second kappa shape index (κ2) is 7.50. The number of nitrogens with zero attached hydrogens (tertiary/aromatic N) is 3. The lowest BCUT2D eigenvalue weighted by Crippen LogP contribution is -2.41. The molecule has 2 aromatic heterocycles. The van der Waals surface area contributed by atoms with Gasteiger partial charge in [0.25, 0.3) is 0 Å². The van der Waals surface area contributed by atoms with E-state index in [4.69, 9.17) is 4.42 Å². The van der Waals surface area contributed by atoms with Crippen LogP contribution in [0.25, 0.3) is 11.1 Å². The molecule has 0 radical (unpaired) electrons. The van der Waals surface area contributed by atoms with E-state index in [-0.39, 0.29) is 11.8 Å². The first-order valence-corrected chi connectivity index (χ1v) is 10.2. The molecule has 0 spiro atoms. The molecule has 3 aromatic rings. The standard InChI is InChI=1S/C23H28N4O2/c1-13-9-14(2)20(15(3)10-13)26-22(28)18-7-6-8-27(11-18)21-19-16(4)17(5)29-23(19)25-12-24-21/h9-10,12,18H,6-8,11H2,1-5H3,(H,26,28)/t18-/m0/s1. The molecule has 1 aromatic carbocycles. The van der Waals surface area contributed by atoms with E-state index in [9.17, 15) is 4.79 Å². The van der Waals surface area contributed by atoms with Gasteiger partial charge < -0.3 is 14.6 Å². The molecule has 0 unspecified atom stereocenters. The third-order valence-electron chi connectivity index (χ3n) is 5.96. The zero-order chi connectivity index (χ0) is 20.7. The quantitative estimate of drug-likeness (QED) is 0.704. The van der Waals surface area contributed by atoms with Crippen molar-refractivity contribution in [3.8, 4) is 0 Å². The van der Waals surface area contributed by atoms with Crippen molar-refractivity contribution in [1.29, 1.82) is 0 Å². The van der Waals surface area contributed by atoms with Crippen molar-refractivity contribution < 1.29 is 9.21 Å². The van der Waals surface area contributed by atoms with Gasteiger partial charge in [-0.3, -0.25) is 4.79 Å². The maximum atomic E-state index is 13.1. The van der Waals surface area contributed by atoms with Crippen molar-refractivity contribution >= 4 is 28.5 Å². The summed E-state index contributed by atoms with van der Waals surface area (Å²) < 4.78 is 5.76. The largest absolute Gasteiger partial charge is 0.443 e. The van der Waals surface area contributed by atoms with Crippen LogP contribution in [0.5, 0.6) is 0 Å². The van der Waals surface area contributed by atoms with E-state index in [1.165, 1.54) is 5.56 Å². The molecule has 6 heteroatoms. The minimum atomic E-state index is -0.0813. The van der Waals surface area contributed by atoms with Gasteiger partial charge in [-0.25, -0.2) is 9.97 Å². The lowest BCUT2D eigenvalue weighted by atomic mass is 9.96. The second-order valence-corrected chi connectivity index (χ2v) is 8.21. The molecule has 1 atom stereocenters. The third kappa shape index (κ3) is 3.59. The topological polar surface area (TPSA) is 71.3 Å². The molecule has 1 saturated heterocycles. The summed E-state index contributed by atoms with van der Waals surface area (Å²) in [6.07, 6.45) is 3.37. The Hall–Kier alpha value is -2.89. The highest BCUT2D eigenvalue weighted by Crippen LogP contribution is 2.33. The van der Waals surface area contributed by atoms with Crippen LogP contribution in [0.4, 0.5) is 11.5 Å². The smallest absolute Gasteiger partial charge is 0.231 e. The van der Waals surface area contributed by atoms with Crippen LogP contribution in [0.3, 0.4) is 0 Å². The fourth-order valence-electron chi connectivity index (χ4n) is 4.39. The number of piperidine rings is 1. The van der Waals surface area contributed by atoms with Crippen LogP contribution >= 0.6 is 0 Å². The molecule has 1 amide bonds. The number of nitrogens with one attached hydrogen (secondary N) is 1. The third-order valence-corrected chi connectivity index (χ3v) is 5.96. The van der Waals surface area contributed by atoms with E-state index in [1.807, 2.05) is 27.7 Å². The molecular weight excluding hydrogens is 364 g/mol. The highest BCUT2D eigenvalue weighted by Gasteiger charge is 2.29. The SMILES string of the molecule is Cc1cc(C)c(NC(=O)[C@H]2CCCN(c3ncnc4oc(C)c(C)c34)C2)c(C)c1. The van der Waals surface area contributed by atoms with Crippen molar-refractivity contribution in [2.45, 2.75) is 47.5 Å². The van der Waals surface area contributed by atoms with Crippen LogP contribution in [-0.2, 0) is 4.79 Å².